The molecule has 0 spiro atoms. The molecule has 2 saturated carbocycles. The van der Waals surface area contributed by atoms with Crippen molar-refractivity contribution in [3.63, 3.8) is 0 Å². The number of urea groups is 1. The fourth-order valence-electron chi connectivity index (χ4n) is 2.66. The Morgan fingerprint density at radius 2 is 1.94 bits per heavy atom. The van der Waals surface area contributed by atoms with E-state index in [2.05, 4.69) is 10.6 Å². The summed E-state index contributed by atoms with van der Waals surface area (Å²) in [7, 11) is 0. The van der Waals surface area contributed by atoms with E-state index in [0.717, 1.165) is 12.5 Å². The highest BCUT2D eigenvalue weighted by Gasteiger charge is 2.48. The maximum absolute atomic E-state index is 11.4. The van der Waals surface area contributed by atoms with Crippen molar-refractivity contribution in [3.05, 3.63) is 0 Å². The van der Waals surface area contributed by atoms with Crippen LogP contribution in [0, 0.1) is 11.3 Å². The van der Waals surface area contributed by atoms with Gasteiger partial charge in [0.25, 0.3) is 0 Å². The van der Waals surface area contributed by atoms with Crippen LogP contribution in [0.5, 0.6) is 0 Å². The number of hydrogen-bond acceptors (Lipinski definition) is 2. The first-order chi connectivity index (χ1) is 8.12. The average Bonchev–Trinajstić information content (AvgIpc) is 2.99. The van der Waals surface area contributed by atoms with Crippen LogP contribution in [-0.2, 0) is 4.79 Å². The molecular weight excluding hydrogens is 220 g/mol. The Balaban J connectivity index is 1.63. The summed E-state index contributed by atoms with van der Waals surface area (Å²) in [6.45, 7) is 0.939. The molecule has 5 heteroatoms. The minimum absolute atomic E-state index is 0.0266. The third kappa shape index (κ3) is 3.11. The van der Waals surface area contributed by atoms with Gasteiger partial charge in [-0.15, -0.1) is 0 Å². The first-order valence-electron chi connectivity index (χ1n) is 6.36. The molecule has 5 nitrogen and oxygen atoms in total. The Morgan fingerprint density at radius 3 is 2.41 bits per heavy atom. The first kappa shape index (κ1) is 12.2. The molecule has 0 saturated heterocycles. The van der Waals surface area contributed by atoms with E-state index in [4.69, 9.17) is 5.11 Å². The van der Waals surface area contributed by atoms with E-state index in [0.29, 0.717) is 5.41 Å². The third-order valence-electron chi connectivity index (χ3n) is 4.02. The summed E-state index contributed by atoms with van der Waals surface area (Å²) < 4.78 is 0. The van der Waals surface area contributed by atoms with E-state index in [9.17, 15) is 9.59 Å². The van der Waals surface area contributed by atoms with Gasteiger partial charge in [0.15, 0.2) is 0 Å². The molecule has 17 heavy (non-hydrogen) atoms. The number of nitrogens with one attached hydrogen (secondary N) is 2. The quantitative estimate of drug-likeness (QED) is 0.655. The largest absolute Gasteiger partial charge is 0.481 e. The van der Waals surface area contributed by atoms with E-state index < -0.39 is 5.97 Å². The summed E-state index contributed by atoms with van der Waals surface area (Å²) in [5.74, 6) is -0.0747. The lowest BCUT2D eigenvalue weighted by atomic mass is 9.65. The molecule has 0 aromatic rings. The number of amides is 2. The molecule has 2 amide bonds. The summed E-state index contributed by atoms with van der Waals surface area (Å²) >= 11 is 0. The number of carboxylic acid groups (broad SMARTS) is 1. The second-order valence-electron chi connectivity index (χ2n) is 5.24. The molecule has 0 aliphatic heterocycles. The van der Waals surface area contributed by atoms with Gasteiger partial charge < -0.3 is 15.7 Å². The van der Waals surface area contributed by atoms with Crippen molar-refractivity contribution in [1.29, 1.82) is 0 Å². The van der Waals surface area contributed by atoms with Crippen LogP contribution in [-0.4, -0.2) is 30.2 Å². The zero-order valence-electron chi connectivity index (χ0n) is 10.00. The second kappa shape index (κ2) is 4.94. The lowest BCUT2D eigenvalue weighted by Gasteiger charge is -2.42. The van der Waals surface area contributed by atoms with Gasteiger partial charge in [0.05, 0.1) is 6.42 Å². The molecular formula is C12H20N2O3. The molecule has 0 aromatic carbocycles. The molecule has 0 unspecified atom stereocenters. The Bertz CT molecular complexity index is 309. The predicted octanol–water partition coefficient (Wildman–Crippen LogP) is 1.34. The fourth-order valence-corrected chi connectivity index (χ4v) is 2.66. The molecule has 2 aliphatic rings. The standard InChI is InChI=1S/C12H20N2O3/c15-10(16)4-7-13-11(17)14-8-12(5-1-6-12)9-2-3-9/h9H,1-8H2,(H,15,16)(H2,13,14,17). The number of carbonyl (C=O) groups is 2. The van der Waals surface area contributed by atoms with Crippen molar-refractivity contribution < 1.29 is 14.7 Å². The van der Waals surface area contributed by atoms with Crippen molar-refractivity contribution in [2.24, 2.45) is 11.3 Å². The molecule has 96 valence electrons. The third-order valence-corrected chi connectivity index (χ3v) is 4.02. The van der Waals surface area contributed by atoms with Gasteiger partial charge in [0.1, 0.15) is 0 Å². The molecule has 0 atom stereocenters. The van der Waals surface area contributed by atoms with Crippen molar-refractivity contribution in [1.82, 2.24) is 10.6 Å². The summed E-state index contributed by atoms with van der Waals surface area (Å²) in [5, 5.41) is 13.9. The molecule has 0 radical (unpaired) electrons. The van der Waals surface area contributed by atoms with E-state index in [1.54, 1.807) is 0 Å². The Labute approximate surface area is 101 Å². The van der Waals surface area contributed by atoms with Crippen molar-refractivity contribution in [3.8, 4) is 0 Å². The van der Waals surface area contributed by atoms with Crippen molar-refractivity contribution in [2.75, 3.05) is 13.1 Å². The lowest BCUT2D eigenvalue weighted by molar-refractivity contribution is -0.136. The molecule has 3 N–H and O–H groups in total. The highest BCUT2D eigenvalue weighted by atomic mass is 16.4. The minimum Gasteiger partial charge on any atom is -0.481 e. The van der Waals surface area contributed by atoms with E-state index >= 15 is 0 Å². The van der Waals surface area contributed by atoms with Gasteiger partial charge in [-0.2, -0.15) is 0 Å². The van der Waals surface area contributed by atoms with Crippen LogP contribution < -0.4 is 10.6 Å². The summed E-state index contributed by atoms with van der Waals surface area (Å²) in [5.41, 5.74) is 0.365. The van der Waals surface area contributed by atoms with Gasteiger partial charge >= 0.3 is 12.0 Å². The van der Waals surface area contributed by atoms with Gasteiger partial charge in [-0.25, -0.2) is 4.79 Å². The van der Waals surface area contributed by atoms with E-state index in [-0.39, 0.29) is 19.0 Å². The van der Waals surface area contributed by atoms with E-state index in [1.807, 2.05) is 0 Å². The zero-order valence-corrected chi connectivity index (χ0v) is 10.00. The maximum atomic E-state index is 11.4. The average molecular weight is 240 g/mol. The van der Waals surface area contributed by atoms with Gasteiger partial charge in [0, 0.05) is 13.1 Å². The Kier molecular flexibility index (Phi) is 3.54. The summed E-state index contributed by atoms with van der Waals surface area (Å²) in [4.78, 5) is 21.7. The number of carboxylic acids is 1. The highest BCUT2D eigenvalue weighted by molar-refractivity contribution is 5.75. The van der Waals surface area contributed by atoms with Crippen molar-refractivity contribution in [2.45, 2.75) is 38.5 Å². The molecule has 0 bridgehead atoms. The normalized spacial score (nSPS) is 21.4. The van der Waals surface area contributed by atoms with Crippen LogP contribution in [0.3, 0.4) is 0 Å². The van der Waals surface area contributed by atoms with Gasteiger partial charge in [-0.05, 0) is 37.0 Å². The maximum Gasteiger partial charge on any atom is 0.314 e. The van der Waals surface area contributed by atoms with E-state index in [1.165, 1.54) is 32.1 Å². The molecule has 2 aliphatic carbocycles. The van der Waals surface area contributed by atoms with Crippen LogP contribution in [0.2, 0.25) is 0 Å². The van der Waals surface area contributed by atoms with Crippen LogP contribution >= 0.6 is 0 Å². The summed E-state index contributed by atoms with van der Waals surface area (Å²) in [6, 6.07) is -0.238. The molecule has 0 heterocycles. The highest BCUT2D eigenvalue weighted by Crippen LogP contribution is 2.56. The second-order valence-corrected chi connectivity index (χ2v) is 5.24. The number of hydrogen-bond donors (Lipinski definition) is 3. The molecule has 2 fully saturated rings. The minimum atomic E-state index is -0.890. The van der Waals surface area contributed by atoms with Gasteiger partial charge in [0.2, 0.25) is 0 Å². The topological polar surface area (TPSA) is 78.4 Å². The predicted molar refractivity (Wildman–Crippen MR) is 62.7 cm³/mol. The Morgan fingerprint density at radius 1 is 1.24 bits per heavy atom. The van der Waals surface area contributed by atoms with Crippen LogP contribution in [0.1, 0.15) is 38.5 Å². The molecule has 2 rings (SSSR count). The number of aliphatic carboxylic acids is 1. The fraction of sp³-hybridized carbons (Fsp3) is 0.833. The zero-order chi connectivity index (χ0) is 12.3. The van der Waals surface area contributed by atoms with Crippen molar-refractivity contribution >= 4 is 12.0 Å². The van der Waals surface area contributed by atoms with Crippen LogP contribution in [0.4, 0.5) is 4.79 Å². The smallest absolute Gasteiger partial charge is 0.314 e. The monoisotopic (exact) mass is 240 g/mol. The number of carbonyl (C=O) groups excluding carboxylic acids is 1. The lowest BCUT2D eigenvalue weighted by Crippen LogP contribution is -2.47. The summed E-state index contributed by atoms with van der Waals surface area (Å²) in [6.07, 6.45) is 6.32. The van der Waals surface area contributed by atoms with Gasteiger partial charge in [-0.3, -0.25) is 4.79 Å². The van der Waals surface area contributed by atoms with Gasteiger partial charge in [-0.1, -0.05) is 6.42 Å². The molecule has 0 aromatic heterocycles. The Hall–Kier alpha value is -1.26. The number of rotatable bonds is 6. The first-order valence-corrected chi connectivity index (χ1v) is 6.36. The SMILES string of the molecule is O=C(O)CCNC(=O)NCC1(C2CC2)CCC1. The van der Waals surface area contributed by atoms with Crippen LogP contribution in [0.25, 0.3) is 0 Å². The van der Waals surface area contributed by atoms with Crippen LogP contribution in [0.15, 0.2) is 0 Å².